The van der Waals surface area contributed by atoms with Crippen LogP contribution in [0.2, 0.25) is 0 Å². The van der Waals surface area contributed by atoms with Crippen molar-refractivity contribution in [3.8, 4) is 0 Å². The molecule has 1 aromatic carbocycles. The summed E-state index contributed by atoms with van der Waals surface area (Å²) in [4.78, 5) is 13.8. The van der Waals surface area contributed by atoms with Crippen LogP contribution in [0.25, 0.3) is 0 Å². The van der Waals surface area contributed by atoms with Gasteiger partial charge in [-0.15, -0.1) is 11.8 Å². The quantitative estimate of drug-likeness (QED) is 0.900. The van der Waals surface area contributed by atoms with E-state index in [9.17, 15) is 4.79 Å². The Morgan fingerprint density at radius 1 is 1.21 bits per heavy atom. The number of hydrogen-bond acceptors (Lipinski definition) is 3. The number of carbonyl (C=O) groups excluding carboxylic acids is 1. The molecular weight excluding hydrogens is 256 g/mol. The summed E-state index contributed by atoms with van der Waals surface area (Å²) in [6.45, 7) is 6.94. The van der Waals surface area contributed by atoms with Crippen LogP contribution in [0.15, 0.2) is 24.3 Å². The molecule has 0 spiro atoms. The normalized spacial score (nSPS) is 11.2. The van der Waals surface area contributed by atoms with Crippen LogP contribution in [-0.4, -0.2) is 30.5 Å². The van der Waals surface area contributed by atoms with E-state index in [0.717, 1.165) is 5.56 Å². The van der Waals surface area contributed by atoms with Crippen molar-refractivity contribution < 1.29 is 4.79 Å². The molecular formula is C15H24N2OS. The lowest BCUT2D eigenvalue weighted by molar-refractivity contribution is -0.118. The first kappa shape index (κ1) is 15.9. The molecule has 0 aliphatic carbocycles. The number of nitrogens with zero attached hydrogens (tertiary/aromatic N) is 1. The molecule has 0 bridgehead atoms. The van der Waals surface area contributed by atoms with Gasteiger partial charge in [-0.25, -0.2) is 0 Å². The molecule has 0 aromatic heterocycles. The van der Waals surface area contributed by atoms with Crippen molar-refractivity contribution in [3.63, 3.8) is 0 Å². The molecule has 3 nitrogen and oxygen atoms in total. The molecule has 0 heterocycles. The van der Waals surface area contributed by atoms with E-state index in [1.807, 2.05) is 26.2 Å². The van der Waals surface area contributed by atoms with Crippen LogP contribution in [-0.2, 0) is 11.3 Å². The van der Waals surface area contributed by atoms with Gasteiger partial charge in [0.25, 0.3) is 0 Å². The molecule has 106 valence electrons. The predicted molar refractivity (Wildman–Crippen MR) is 84.8 cm³/mol. The lowest BCUT2D eigenvalue weighted by Crippen LogP contribution is -2.26. The molecule has 0 unspecified atom stereocenters. The van der Waals surface area contributed by atoms with Gasteiger partial charge in [0, 0.05) is 31.1 Å². The third kappa shape index (κ3) is 6.53. The second-order valence-corrected chi connectivity index (χ2v) is 7.54. The van der Waals surface area contributed by atoms with Gasteiger partial charge in [0.1, 0.15) is 0 Å². The first-order valence-electron chi connectivity index (χ1n) is 6.45. The highest BCUT2D eigenvalue weighted by molar-refractivity contribution is 8.01. The molecule has 0 aliphatic heterocycles. The number of nitrogens with one attached hydrogen (secondary N) is 1. The fourth-order valence-electron chi connectivity index (χ4n) is 1.45. The first-order valence-corrected chi connectivity index (χ1v) is 7.43. The Hall–Kier alpha value is -1.16. The van der Waals surface area contributed by atoms with Crippen molar-refractivity contribution in [1.82, 2.24) is 5.32 Å². The van der Waals surface area contributed by atoms with Crippen LogP contribution in [0.5, 0.6) is 0 Å². The predicted octanol–water partition coefficient (Wildman–Crippen LogP) is 2.90. The highest BCUT2D eigenvalue weighted by atomic mass is 32.2. The Kier molecular flexibility index (Phi) is 5.73. The van der Waals surface area contributed by atoms with Gasteiger partial charge < -0.3 is 10.2 Å². The van der Waals surface area contributed by atoms with Crippen molar-refractivity contribution in [2.45, 2.75) is 32.1 Å². The Labute approximate surface area is 120 Å². The van der Waals surface area contributed by atoms with Crippen LogP contribution in [0.3, 0.4) is 0 Å². The topological polar surface area (TPSA) is 32.3 Å². The lowest BCUT2D eigenvalue weighted by atomic mass is 10.2. The highest BCUT2D eigenvalue weighted by Crippen LogP contribution is 2.22. The number of anilines is 1. The number of amides is 1. The Morgan fingerprint density at radius 2 is 1.79 bits per heavy atom. The minimum Gasteiger partial charge on any atom is -0.378 e. The van der Waals surface area contributed by atoms with E-state index < -0.39 is 0 Å². The minimum absolute atomic E-state index is 0.0941. The highest BCUT2D eigenvalue weighted by Gasteiger charge is 2.12. The molecule has 0 aliphatic rings. The zero-order valence-electron chi connectivity index (χ0n) is 12.5. The zero-order valence-corrected chi connectivity index (χ0v) is 13.3. The molecule has 1 aromatic rings. The maximum absolute atomic E-state index is 11.7. The fraction of sp³-hybridized carbons (Fsp3) is 0.533. The third-order valence-corrected chi connectivity index (χ3v) is 3.85. The van der Waals surface area contributed by atoms with Crippen LogP contribution >= 0.6 is 11.8 Å². The lowest BCUT2D eigenvalue weighted by Gasteiger charge is -2.17. The second-order valence-electron chi connectivity index (χ2n) is 5.74. The van der Waals surface area contributed by atoms with E-state index >= 15 is 0 Å². The SMILES string of the molecule is CN(C)c1ccc(CNC(=O)CSC(C)(C)C)cc1. The van der Waals surface area contributed by atoms with E-state index in [4.69, 9.17) is 0 Å². The molecule has 4 heteroatoms. The number of thioether (sulfide) groups is 1. The van der Waals surface area contributed by atoms with Gasteiger partial charge in [0.15, 0.2) is 0 Å². The summed E-state index contributed by atoms with van der Waals surface area (Å²) in [6.07, 6.45) is 0. The summed E-state index contributed by atoms with van der Waals surface area (Å²) in [5.74, 6) is 0.607. The molecule has 0 saturated carbocycles. The van der Waals surface area contributed by atoms with Crippen LogP contribution < -0.4 is 10.2 Å². The summed E-state index contributed by atoms with van der Waals surface area (Å²) < 4.78 is 0.130. The van der Waals surface area contributed by atoms with Crippen LogP contribution in [0.1, 0.15) is 26.3 Å². The monoisotopic (exact) mass is 280 g/mol. The number of benzene rings is 1. The van der Waals surface area contributed by atoms with E-state index in [2.05, 4.69) is 43.1 Å². The first-order chi connectivity index (χ1) is 8.78. The zero-order chi connectivity index (χ0) is 14.5. The molecule has 0 fully saturated rings. The summed E-state index contributed by atoms with van der Waals surface area (Å²) in [5, 5.41) is 2.95. The van der Waals surface area contributed by atoms with Crippen LogP contribution in [0.4, 0.5) is 5.69 Å². The number of hydrogen-bond donors (Lipinski definition) is 1. The van der Waals surface area contributed by atoms with Crippen molar-refractivity contribution in [2.24, 2.45) is 0 Å². The third-order valence-electron chi connectivity index (χ3n) is 2.58. The average molecular weight is 280 g/mol. The van der Waals surface area contributed by atoms with Crippen molar-refractivity contribution in [2.75, 3.05) is 24.7 Å². The second kappa shape index (κ2) is 6.85. The minimum atomic E-state index is 0.0941. The van der Waals surface area contributed by atoms with Gasteiger partial charge in [-0.05, 0) is 17.7 Å². The molecule has 0 saturated heterocycles. The number of rotatable bonds is 5. The maximum Gasteiger partial charge on any atom is 0.230 e. The molecule has 19 heavy (non-hydrogen) atoms. The standard InChI is InChI=1S/C15H24N2OS/c1-15(2,3)19-11-14(18)16-10-12-6-8-13(9-7-12)17(4)5/h6-9H,10-11H2,1-5H3,(H,16,18). The molecule has 0 atom stereocenters. The summed E-state index contributed by atoms with van der Waals surface area (Å²) in [7, 11) is 4.03. The Morgan fingerprint density at radius 3 is 2.26 bits per heavy atom. The van der Waals surface area contributed by atoms with Gasteiger partial charge >= 0.3 is 0 Å². The van der Waals surface area contributed by atoms with Crippen molar-refractivity contribution in [3.05, 3.63) is 29.8 Å². The van der Waals surface area contributed by atoms with E-state index in [-0.39, 0.29) is 10.7 Å². The summed E-state index contributed by atoms with van der Waals surface area (Å²) >= 11 is 1.66. The molecule has 1 amide bonds. The van der Waals surface area contributed by atoms with Gasteiger partial charge in [0.2, 0.25) is 5.91 Å². The van der Waals surface area contributed by atoms with Crippen molar-refractivity contribution >= 4 is 23.4 Å². The van der Waals surface area contributed by atoms with E-state index in [0.29, 0.717) is 12.3 Å². The van der Waals surface area contributed by atoms with E-state index in [1.54, 1.807) is 11.8 Å². The van der Waals surface area contributed by atoms with Gasteiger partial charge in [-0.3, -0.25) is 4.79 Å². The van der Waals surface area contributed by atoms with Gasteiger partial charge in [0.05, 0.1) is 5.75 Å². The maximum atomic E-state index is 11.7. The average Bonchev–Trinajstić information content (AvgIpc) is 2.33. The summed E-state index contributed by atoms with van der Waals surface area (Å²) in [6, 6.07) is 8.22. The Balaban J connectivity index is 2.38. The van der Waals surface area contributed by atoms with Crippen molar-refractivity contribution in [1.29, 1.82) is 0 Å². The smallest absolute Gasteiger partial charge is 0.230 e. The number of carbonyl (C=O) groups is 1. The summed E-state index contributed by atoms with van der Waals surface area (Å²) in [5.41, 5.74) is 2.29. The molecule has 1 rings (SSSR count). The largest absolute Gasteiger partial charge is 0.378 e. The van der Waals surface area contributed by atoms with Gasteiger partial charge in [-0.2, -0.15) is 0 Å². The van der Waals surface area contributed by atoms with Crippen LogP contribution in [0, 0.1) is 0 Å². The Bertz CT molecular complexity index is 407. The fourth-order valence-corrected chi connectivity index (χ4v) is 2.11. The van der Waals surface area contributed by atoms with Gasteiger partial charge in [-0.1, -0.05) is 32.9 Å². The molecule has 0 radical (unpaired) electrons. The van der Waals surface area contributed by atoms with E-state index in [1.165, 1.54) is 5.69 Å². The molecule has 1 N–H and O–H groups in total.